The molecule has 0 radical (unpaired) electrons. The Balaban J connectivity index is 1.80. The molecule has 1 aromatic carbocycles. The highest BCUT2D eigenvalue weighted by Crippen LogP contribution is 2.56. The lowest BCUT2D eigenvalue weighted by atomic mass is 9.80. The van der Waals surface area contributed by atoms with Crippen LogP contribution >= 0.6 is 11.8 Å². The van der Waals surface area contributed by atoms with Crippen LogP contribution in [0.2, 0.25) is 0 Å². The summed E-state index contributed by atoms with van der Waals surface area (Å²) < 4.78 is 106. The minimum absolute atomic E-state index is 0.131. The van der Waals surface area contributed by atoms with E-state index in [4.69, 9.17) is 0 Å². The van der Waals surface area contributed by atoms with Gasteiger partial charge in [-0.25, -0.2) is 8.78 Å². The molecule has 1 aliphatic heterocycles. The van der Waals surface area contributed by atoms with E-state index >= 15 is 0 Å². The first-order chi connectivity index (χ1) is 14.4. The van der Waals surface area contributed by atoms with Crippen molar-refractivity contribution in [2.45, 2.75) is 53.0 Å². The Kier molecular flexibility index (Phi) is 5.28. The number of alkyl halides is 7. The number of aryl methyl sites for hydroxylation is 1. The second kappa shape index (κ2) is 7.33. The number of fused-ring (bicyclic) bond motifs is 3. The minimum atomic E-state index is -6.19. The van der Waals surface area contributed by atoms with Gasteiger partial charge in [0.15, 0.2) is 0 Å². The molecule has 2 unspecified atom stereocenters. The fraction of sp³-hybridized carbons (Fsp3) is 0.450. The van der Waals surface area contributed by atoms with Crippen molar-refractivity contribution in [1.29, 1.82) is 0 Å². The zero-order valence-corrected chi connectivity index (χ0v) is 16.6. The maximum Gasteiger partial charge on any atom is 0.436 e. The SMILES string of the molecule is Fc1ccc(SC23CCNC2CCc2cc(C(F)(C(F)(F)F)C(F)(F)F)cnc23)cc1. The smallest absolute Gasteiger partial charge is 0.312 e. The highest BCUT2D eigenvalue weighted by Gasteiger charge is 2.73. The van der Waals surface area contributed by atoms with E-state index in [-0.39, 0.29) is 18.0 Å². The number of aromatic nitrogens is 1. The molecular weight excluding hydrogens is 452 g/mol. The summed E-state index contributed by atoms with van der Waals surface area (Å²) in [6.45, 7) is 0.569. The molecule has 1 saturated heterocycles. The molecule has 1 aromatic heterocycles. The van der Waals surface area contributed by atoms with Crippen molar-refractivity contribution in [3.8, 4) is 0 Å². The number of benzene rings is 1. The summed E-state index contributed by atoms with van der Waals surface area (Å²) in [7, 11) is 0. The number of rotatable bonds is 3. The zero-order chi connectivity index (χ0) is 22.7. The number of hydrogen-bond acceptors (Lipinski definition) is 3. The first kappa shape index (κ1) is 22.3. The molecule has 2 aliphatic rings. The highest BCUT2D eigenvalue weighted by molar-refractivity contribution is 8.00. The molecule has 168 valence electrons. The van der Waals surface area contributed by atoms with E-state index in [0.717, 1.165) is 0 Å². The Bertz CT molecular complexity index is 959. The predicted octanol–water partition coefficient (Wildman–Crippen LogP) is 5.81. The Hall–Kier alpha value is -1.88. The number of thioether (sulfide) groups is 1. The first-order valence-electron chi connectivity index (χ1n) is 9.39. The maximum absolute atomic E-state index is 14.5. The third-order valence-electron chi connectivity index (χ3n) is 5.81. The third kappa shape index (κ3) is 3.49. The average Bonchev–Trinajstić information content (AvgIpc) is 3.10. The molecule has 0 spiro atoms. The lowest BCUT2D eigenvalue weighted by Crippen LogP contribution is -2.51. The second-order valence-corrected chi connectivity index (χ2v) is 9.03. The van der Waals surface area contributed by atoms with Crippen LogP contribution in [0.25, 0.3) is 0 Å². The van der Waals surface area contributed by atoms with Crippen LogP contribution < -0.4 is 5.32 Å². The number of halogens is 8. The molecule has 0 saturated carbocycles. The fourth-order valence-electron chi connectivity index (χ4n) is 4.33. The second-order valence-electron chi connectivity index (χ2n) is 7.63. The van der Waals surface area contributed by atoms with Crippen LogP contribution in [-0.2, 0) is 16.8 Å². The van der Waals surface area contributed by atoms with Crippen molar-refractivity contribution >= 4 is 11.8 Å². The predicted molar refractivity (Wildman–Crippen MR) is 97.8 cm³/mol. The van der Waals surface area contributed by atoms with E-state index < -0.39 is 34.1 Å². The third-order valence-corrected chi connectivity index (χ3v) is 7.37. The van der Waals surface area contributed by atoms with Gasteiger partial charge in [-0.15, -0.1) is 11.8 Å². The van der Waals surface area contributed by atoms with Gasteiger partial charge in [-0.2, -0.15) is 26.3 Å². The molecule has 0 amide bonds. The van der Waals surface area contributed by atoms with Gasteiger partial charge in [-0.3, -0.25) is 4.98 Å². The number of pyridine rings is 1. The topological polar surface area (TPSA) is 24.9 Å². The molecule has 2 heterocycles. The standard InChI is InChI=1S/C20H16F8N2S/c21-13-2-4-14(5-3-13)31-17-7-8-29-15(17)6-1-11-9-12(10-30-16(11)17)18(22,19(23,24)25)20(26,27)28/h2-5,9-10,15,29H,1,6-8H2. The van der Waals surface area contributed by atoms with Crippen LogP contribution in [0.3, 0.4) is 0 Å². The van der Waals surface area contributed by atoms with Crippen molar-refractivity contribution in [3.05, 3.63) is 59.2 Å². The van der Waals surface area contributed by atoms with Crippen LogP contribution in [0.5, 0.6) is 0 Å². The molecule has 4 rings (SSSR count). The van der Waals surface area contributed by atoms with Gasteiger partial charge in [0.05, 0.1) is 10.4 Å². The van der Waals surface area contributed by atoms with E-state index in [2.05, 4.69) is 10.3 Å². The summed E-state index contributed by atoms with van der Waals surface area (Å²) in [4.78, 5) is 4.65. The van der Waals surface area contributed by atoms with Crippen molar-refractivity contribution in [2.24, 2.45) is 0 Å². The Morgan fingerprint density at radius 3 is 2.26 bits per heavy atom. The number of nitrogens with zero attached hydrogens (tertiary/aromatic N) is 1. The molecule has 1 fully saturated rings. The first-order valence-corrected chi connectivity index (χ1v) is 10.2. The zero-order valence-electron chi connectivity index (χ0n) is 15.7. The summed E-state index contributed by atoms with van der Waals surface area (Å²) in [5.74, 6) is -0.437. The van der Waals surface area contributed by atoms with Crippen LogP contribution in [0.4, 0.5) is 35.1 Å². The van der Waals surface area contributed by atoms with Crippen molar-refractivity contribution in [1.82, 2.24) is 10.3 Å². The normalized spacial score (nSPS) is 24.1. The van der Waals surface area contributed by atoms with Crippen molar-refractivity contribution in [2.75, 3.05) is 6.54 Å². The van der Waals surface area contributed by atoms with E-state index in [0.29, 0.717) is 42.2 Å². The largest absolute Gasteiger partial charge is 0.436 e. The molecule has 1 aliphatic carbocycles. The van der Waals surface area contributed by atoms with Crippen LogP contribution in [0, 0.1) is 5.82 Å². The quantitative estimate of drug-likeness (QED) is 0.576. The van der Waals surface area contributed by atoms with Gasteiger partial charge in [0.25, 0.3) is 0 Å². The van der Waals surface area contributed by atoms with Crippen LogP contribution in [0.15, 0.2) is 41.4 Å². The number of nitrogens with one attached hydrogen (secondary N) is 1. The molecule has 0 bridgehead atoms. The monoisotopic (exact) mass is 468 g/mol. The van der Waals surface area contributed by atoms with Crippen LogP contribution in [0.1, 0.15) is 29.7 Å². The Morgan fingerprint density at radius 2 is 1.65 bits per heavy atom. The molecule has 2 aromatic rings. The van der Waals surface area contributed by atoms with Gasteiger partial charge >= 0.3 is 18.0 Å². The van der Waals surface area contributed by atoms with Crippen molar-refractivity contribution < 1.29 is 35.1 Å². The molecule has 31 heavy (non-hydrogen) atoms. The fourth-order valence-corrected chi connectivity index (χ4v) is 5.85. The summed E-state index contributed by atoms with van der Waals surface area (Å²) in [6, 6.07) is 6.14. The Morgan fingerprint density at radius 1 is 1.00 bits per heavy atom. The highest BCUT2D eigenvalue weighted by atomic mass is 32.2. The van der Waals surface area contributed by atoms with Gasteiger partial charge in [-0.05, 0) is 61.7 Å². The molecule has 11 heteroatoms. The molecule has 2 atom stereocenters. The molecule has 1 N–H and O–H groups in total. The summed E-state index contributed by atoms with van der Waals surface area (Å²) >= 11 is 1.33. The van der Waals surface area contributed by atoms with Gasteiger partial charge < -0.3 is 5.32 Å². The summed E-state index contributed by atoms with van der Waals surface area (Å²) in [6.07, 6.45) is -10.9. The van der Waals surface area contributed by atoms with E-state index in [9.17, 15) is 35.1 Å². The van der Waals surface area contributed by atoms with Gasteiger partial charge in [0.2, 0.25) is 0 Å². The molecule has 2 nitrogen and oxygen atoms in total. The van der Waals surface area contributed by atoms with E-state index in [1.165, 1.54) is 23.9 Å². The lowest BCUT2D eigenvalue weighted by molar-refractivity contribution is -0.348. The van der Waals surface area contributed by atoms with Gasteiger partial charge in [0, 0.05) is 22.7 Å². The van der Waals surface area contributed by atoms with Gasteiger partial charge in [-0.1, -0.05) is 0 Å². The van der Waals surface area contributed by atoms with E-state index in [1.54, 1.807) is 12.1 Å². The molecular formula is C20H16F8N2S. The maximum atomic E-state index is 14.5. The number of hydrogen-bond donors (Lipinski definition) is 1. The van der Waals surface area contributed by atoms with Crippen LogP contribution in [-0.4, -0.2) is 29.9 Å². The van der Waals surface area contributed by atoms with E-state index in [1.807, 2.05) is 0 Å². The summed E-state index contributed by atoms with van der Waals surface area (Å²) in [5.41, 5.74) is -6.59. The minimum Gasteiger partial charge on any atom is -0.312 e. The Labute approximate surface area is 176 Å². The average molecular weight is 468 g/mol. The van der Waals surface area contributed by atoms with Crippen molar-refractivity contribution in [3.63, 3.8) is 0 Å². The summed E-state index contributed by atoms with van der Waals surface area (Å²) in [5, 5.41) is 3.30. The lowest BCUT2D eigenvalue weighted by Gasteiger charge is -2.40. The van der Waals surface area contributed by atoms with Gasteiger partial charge in [0.1, 0.15) is 5.82 Å².